The molecule has 1 fully saturated rings. The topological polar surface area (TPSA) is 66.8 Å². The van der Waals surface area contributed by atoms with Gasteiger partial charge in [0.25, 0.3) is 0 Å². The van der Waals surface area contributed by atoms with Gasteiger partial charge in [-0.3, -0.25) is 0 Å². The van der Waals surface area contributed by atoms with Crippen molar-refractivity contribution in [1.29, 1.82) is 0 Å². The van der Waals surface area contributed by atoms with Crippen molar-refractivity contribution in [2.75, 3.05) is 7.11 Å². The van der Waals surface area contributed by atoms with Crippen molar-refractivity contribution in [2.45, 2.75) is 82.3 Å². The molecule has 1 aliphatic rings. The van der Waals surface area contributed by atoms with Crippen molar-refractivity contribution in [1.82, 2.24) is 0 Å². The first kappa shape index (κ1) is 23.2. The Bertz CT molecular complexity index is 449. The standard InChI is InChI=1S/C21H35ClO4/c1-3-4-7-10-16(23)13-14-18-17(19(22)15-20(18)24)11-8-5-6-9-12-21(25)26-2/h9,12-14,16-20,23-24H,3-8,10-11,15H2,1-2H3/t16-,17+,18+,19+,20+/m0/s1. The van der Waals surface area contributed by atoms with Crippen LogP contribution >= 0.6 is 11.6 Å². The van der Waals surface area contributed by atoms with Crippen LogP contribution in [0.3, 0.4) is 0 Å². The lowest BCUT2D eigenvalue weighted by Gasteiger charge is -2.21. The molecule has 1 aliphatic carbocycles. The Hall–Kier alpha value is -0.840. The van der Waals surface area contributed by atoms with Crippen LogP contribution in [0.4, 0.5) is 0 Å². The number of rotatable bonds is 12. The summed E-state index contributed by atoms with van der Waals surface area (Å²) in [7, 11) is 1.37. The molecule has 0 heterocycles. The number of alkyl halides is 1. The highest BCUT2D eigenvalue weighted by Gasteiger charge is 2.39. The van der Waals surface area contributed by atoms with Crippen molar-refractivity contribution >= 4 is 17.6 Å². The Labute approximate surface area is 163 Å². The van der Waals surface area contributed by atoms with Crippen LogP contribution in [0.2, 0.25) is 0 Å². The lowest BCUT2D eigenvalue weighted by molar-refractivity contribution is -0.134. The molecule has 26 heavy (non-hydrogen) atoms. The first-order valence-corrected chi connectivity index (χ1v) is 10.4. The fourth-order valence-corrected chi connectivity index (χ4v) is 4.06. The summed E-state index contributed by atoms with van der Waals surface area (Å²) in [6, 6.07) is 0. The van der Waals surface area contributed by atoms with Crippen LogP contribution in [-0.2, 0) is 9.53 Å². The highest BCUT2D eigenvalue weighted by atomic mass is 35.5. The number of unbranched alkanes of at least 4 members (excludes halogenated alkanes) is 4. The number of carbonyl (C=O) groups is 1. The maximum absolute atomic E-state index is 11.0. The van der Waals surface area contributed by atoms with E-state index < -0.39 is 12.2 Å². The summed E-state index contributed by atoms with van der Waals surface area (Å²) in [4.78, 5) is 11.0. The molecule has 0 aromatic carbocycles. The quantitative estimate of drug-likeness (QED) is 0.172. The molecular formula is C21H35ClO4. The lowest BCUT2D eigenvalue weighted by atomic mass is 9.88. The molecule has 2 N–H and O–H groups in total. The van der Waals surface area contributed by atoms with Crippen LogP contribution in [-0.4, -0.2) is 40.9 Å². The van der Waals surface area contributed by atoms with E-state index in [0.717, 1.165) is 51.4 Å². The van der Waals surface area contributed by atoms with Crippen LogP contribution < -0.4 is 0 Å². The Morgan fingerprint density at radius 1 is 1.31 bits per heavy atom. The number of carbonyl (C=O) groups excluding carboxylic acids is 1. The number of allylic oxidation sites excluding steroid dienone is 1. The monoisotopic (exact) mass is 386 g/mol. The lowest BCUT2D eigenvalue weighted by Crippen LogP contribution is -2.19. The summed E-state index contributed by atoms with van der Waals surface area (Å²) in [5.41, 5.74) is 0. The Balaban J connectivity index is 2.41. The van der Waals surface area contributed by atoms with E-state index in [-0.39, 0.29) is 23.2 Å². The zero-order valence-electron chi connectivity index (χ0n) is 16.1. The number of hydrogen-bond donors (Lipinski definition) is 2. The zero-order valence-corrected chi connectivity index (χ0v) is 16.9. The second kappa shape index (κ2) is 13.3. The molecule has 0 radical (unpaired) electrons. The third-order valence-corrected chi connectivity index (χ3v) is 5.64. The molecule has 0 spiro atoms. The maximum Gasteiger partial charge on any atom is 0.330 e. The first-order chi connectivity index (χ1) is 12.5. The van der Waals surface area contributed by atoms with E-state index >= 15 is 0 Å². The summed E-state index contributed by atoms with van der Waals surface area (Å²) >= 11 is 6.45. The van der Waals surface area contributed by atoms with E-state index in [4.69, 9.17) is 11.6 Å². The Morgan fingerprint density at radius 2 is 2.08 bits per heavy atom. The van der Waals surface area contributed by atoms with Gasteiger partial charge in [0.15, 0.2) is 0 Å². The van der Waals surface area contributed by atoms with E-state index in [2.05, 4.69) is 11.7 Å². The van der Waals surface area contributed by atoms with E-state index in [0.29, 0.717) is 6.42 Å². The Morgan fingerprint density at radius 3 is 2.77 bits per heavy atom. The van der Waals surface area contributed by atoms with Gasteiger partial charge in [0, 0.05) is 17.4 Å². The minimum atomic E-state index is -0.438. The molecule has 1 saturated carbocycles. The van der Waals surface area contributed by atoms with Crippen LogP contribution in [0, 0.1) is 11.8 Å². The predicted octanol–water partition coefficient (Wildman–Crippen LogP) is 4.38. The molecule has 4 nitrogen and oxygen atoms in total. The molecule has 0 saturated heterocycles. The van der Waals surface area contributed by atoms with Gasteiger partial charge in [-0.25, -0.2) is 4.79 Å². The fraction of sp³-hybridized carbons (Fsp3) is 0.762. The van der Waals surface area contributed by atoms with Crippen molar-refractivity contribution < 1.29 is 19.7 Å². The molecule has 1 rings (SSSR count). The van der Waals surface area contributed by atoms with Gasteiger partial charge in [-0.05, 0) is 38.0 Å². The van der Waals surface area contributed by atoms with Crippen LogP contribution in [0.25, 0.3) is 0 Å². The summed E-state index contributed by atoms with van der Waals surface area (Å²) in [6.45, 7) is 2.15. The van der Waals surface area contributed by atoms with Crippen molar-refractivity contribution in [2.24, 2.45) is 11.8 Å². The number of methoxy groups -OCH3 is 1. The van der Waals surface area contributed by atoms with E-state index in [1.165, 1.54) is 13.2 Å². The second-order valence-corrected chi connectivity index (χ2v) is 7.78. The highest BCUT2D eigenvalue weighted by Crippen LogP contribution is 2.40. The van der Waals surface area contributed by atoms with Crippen molar-refractivity contribution in [3.05, 3.63) is 24.3 Å². The largest absolute Gasteiger partial charge is 0.466 e. The normalized spacial score (nSPS) is 27.4. The van der Waals surface area contributed by atoms with Gasteiger partial charge in [-0.2, -0.15) is 0 Å². The minimum absolute atomic E-state index is 0.0175. The molecule has 0 bridgehead atoms. The zero-order chi connectivity index (χ0) is 19.4. The molecular weight excluding hydrogens is 352 g/mol. The van der Waals surface area contributed by atoms with Gasteiger partial charge in [0.05, 0.1) is 19.3 Å². The smallest absolute Gasteiger partial charge is 0.330 e. The molecule has 5 atom stereocenters. The predicted molar refractivity (Wildman–Crippen MR) is 106 cm³/mol. The molecule has 0 aliphatic heterocycles. The summed E-state index contributed by atoms with van der Waals surface area (Å²) in [6.07, 6.45) is 14.6. The number of hydrogen-bond acceptors (Lipinski definition) is 4. The average molecular weight is 387 g/mol. The molecule has 0 aromatic rings. The van der Waals surface area contributed by atoms with E-state index in [9.17, 15) is 15.0 Å². The third kappa shape index (κ3) is 8.70. The van der Waals surface area contributed by atoms with Gasteiger partial charge in [0.1, 0.15) is 0 Å². The molecule has 0 unspecified atom stereocenters. The summed E-state index contributed by atoms with van der Waals surface area (Å²) < 4.78 is 4.56. The summed E-state index contributed by atoms with van der Waals surface area (Å²) in [5.74, 6) is -0.0771. The average Bonchev–Trinajstić information content (AvgIpc) is 2.89. The summed E-state index contributed by atoms with van der Waals surface area (Å²) in [5, 5.41) is 20.3. The van der Waals surface area contributed by atoms with Gasteiger partial charge in [0.2, 0.25) is 0 Å². The number of ether oxygens (including phenoxy) is 1. The number of aliphatic hydroxyl groups is 2. The molecule has 0 aromatic heterocycles. The fourth-order valence-electron chi connectivity index (χ4n) is 3.58. The van der Waals surface area contributed by atoms with Gasteiger partial charge in [-0.15, -0.1) is 11.6 Å². The van der Waals surface area contributed by atoms with E-state index in [1.807, 2.05) is 18.2 Å². The van der Waals surface area contributed by atoms with Crippen LogP contribution in [0.5, 0.6) is 0 Å². The molecule has 150 valence electrons. The first-order valence-electron chi connectivity index (χ1n) is 9.92. The van der Waals surface area contributed by atoms with Crippen molar-refractivity contribution in [3.63, 3.8) is 0 Å². The van der Waals surface area contributed by atoms with E-state index in [1.54, 1.807) is 0 Å². The van der Waals surface area contributed by atoms with Gasteiger partial charge in [-0.1, -0.05) is 50.8 Å². The SMILES string of the molecule is CCCCC[C@H](O)C=C[C@@H]1[C@@H](CCCCC=CC(=O)OC)[C@H](Cl)C[C@H]1O. The number of esters is 1. The third-order valence-electron chi connectivity index (χ3n) is 5.14. The molecule has 5 heteroatoms. The highest BCUT2D eigenvalue weighted by molar-refractivity contribution is 6.21. The maximum atomic E-state index is 11.0. The van der Waals surface area contributed by atoms with Crippen LogP contribution in [0.1, 0.15) is 64.7 Å². The van der Waals surface area contributed by atoms with Crippen molar-refractivity contribution in [3.8, 4) is 0 Å². The van der Waals surface area contributed by atoms with Gasteiger partial charge < -0.3 is 14.9 Å². The van der Waals surface area contributed by atoms with Gasteiger partial charge >= 0.3 is 5.97 Å². The minimum Gasteiger partial charge on any atom is -0.466 e. The number of halogens is 1. The number of aliphatic hydroxyl groups excluding tert-OH is 2. The van der Waals surface area contributed by atoms with Crippen LogP contribution in [0.15, 0.2) is 24.3 Å². The molecule has 0 amide bonds. The Kier molecular flexibility index (Phi) is 11.9. The second-order valence-electron chi connectivity index (χ2n) is 7.22.